The second-order valence-corrected chi connectivity index (χ2v) is 7.08. The first-order valence-corrected chi connectivity index (χ1v) is 9.52. The Labute approximate surface area is 165 Å². The van der Waals surface area contributed by atoms with Crippen molar-refractivity contribution < 1.29 is 23.7 Å². The fourth-order valence-corrected chi connectivity index (χ4v) is 3.78. The van der Waals surface area contributed by atoms with Gasteiger partial charge in [0, 0.05) is 31.6 Å². The highest BCUT2D eigenvalue weighted by atomic mass is 16.5. The van der Waals surface area contributed by atoms with Crippen LogP contribution in [-0.4, -0.2) is 57.3 Å². The molecule has 1 atom stereocenters. The van der Waals surface area contributed by atoms with Crippen LogP contribution in [0.4, 0.5) is 0 Å². The third-order valence-corrected chi connectivity index (χ3v) is 5.26. The summed E-state index contributed by atoms with van der Waals surface area (Å²) in [7, 11) is 3.16. The zero-order chi connectivity index (χ0) is 19.5. The molecule has 2 aromatic rings. The number of nitrogens with zero attached hydrogens (tertiary/aromatic N) is 1. The molecule has 4 rings (SSSR count). The van der Waals surface area contributed by atoms with E-state index in [9.17, 15) is 4.79 Å². The molecule has 0 spiro atoms. The quantitative estimate of drug-likeness (QED) is 0.765. The monoisotopic (exact) mass is 383 g/mol. The number of carbonyl (C=O) groups excluding carboxylic acids is 1. The van der Waals surface area contributed by atoms with Crippen LogP contribution in [0.2, 0.25) is 0 Å². The highest BCUT2D eigenvalue weighted by Crippen LogP contribution is 2.36. The Kier molecular flexibility index (Phi) is 5.50. The summed E-state index contributed by atoms with van der Waals surface area (Å²) in [6.45, 7) is 4.28. The van der Waals surface area contributed by atoms with Gasteiger partial charge in [-0.25, -0.2) is 0 Å². The second kappa shape index (κ2) is 8.20. The van der Waals surface area contributed by atoms with Gasteiger partial charge in [0.2, 0.25) is 5.78 Å². The van der Waals surface area contributed by atoms with Gasteiger partial charge in [0.15, 0.2) is 17.6 Å². The standard InChI is InChI=1S/C22H25NO5/c1-25-19-11-16-12-21(22(24)18(16)13-20(19)26-2)28-17-5-3-4-15(10-17)14-23-6-8-27-9-7-23/h3-5,10-11,13,21H,6-9,12,14H2,1-2H3. The number of benzene rings is 2. The molecule has 0 radical (unpaired) electrons. The Hall–Kier alpha value is -2.57. The van der Waals surface area contributed by atoms with Crippen LogP contribution in [0.1, 0.15) is 21.5 Å². The van der Waals surface area contributed by atoms with Crippen LogP contribution in [0.25, 0.3) is 0 Å². The van der Waals surface area contributed by atoms with Crippen molar-refractivity contribution in [3.8, 4) is 17.2 Å². The first-order chi connectivity index (χ1) is 13.7. The third-order valence-electron chi connectivity index (χ3n) is 5.26. The lowest BCUT2D eigenvalue weighted by Crippen LogP contribution is -2.35. The van der Waals surface area contributed by atoms with Gasteiger partial charge in [-0.15, -0.1) is 0 Å². The van der Waals surface area contributed by atoms with Crippen LogP contribution >= 0.6 is 0 Å². The van der Waals surface area contributed by atoms with Crippen LogP contribution in [0.15, 0.2) is 36.4 Å². The van der Waals surface area contributed by atoms with Crippen molar-refractivity contribution in [1.29, 1.82) is 0 Å². The first kappa shape index (κ1) is 18.8. The number of ether oxygens (including phenoxy) is 4. The average Bonchev–Trinajstić information content (AvgIpc) is 3.02. The number of hydrogen-bond donors (Lipinski definition) is 0. The Morgan fingerprint density at radius 1 is 1.07 bits per heavy atom. The molecule has 1 fully saturated rings. The zero-order valence-corrected chi connectivity index (χ0v) is 16.3. The largest absolute Gasteiger partial charge is 0.493 e. The summed E-state index contributed by atoms with van der Waals surface area (Å²) >= 11 is 0. The van der Waals surface area contributed by atoms with E-state index in [0.29, 0.717) is 23.5 Å². The fourth-order valence-electron chi connectivity index (χ4n) is 3.78. The number of fused-ring (bicyclic) bond motifs is 1. The smallest absolute Gasteiger partial charge is 0.204 e. The molecule has 0 amide bonds. The molecule has 1 unspecified atom stereocenters. The van der Waals surface area contributed by atoms with E-state index in [-0.39, 0.29) is 5.78 Å². The van der Waals surface area contributed by atoms with E-state index in [1.807, 2.05) is 24.3 Å². The lowest BCUT2D eigenvalue weighted by molar-refractivity contribution is 0.0341. The predicted molar refractivity (Wildman–Crippen MR) is 105 cm³/mol. The van der Waals surface area contributed by atoms with Crippen LogP contribution in [0.5, 0.6) is 17.2 Å². The minimum absolute atomic E-state index is 0.0189. The molecular formula is C22H25NO5. The van der Waals surface area contributed by atoms with Crippen LogP contribution in [0.3, 0.4) is 0 Å². The van der Waals surface area contributed by atoms with Crippen molar-refractivity contribution in [3.63, 3.8) is 0 Å². The van der Waals surface area contributed by atoms with E-state index in [1.165, 1.54) is 5.56 Å². The zero-order valence-electron chi connectivity index (χ0n) is 16.3. The average molecular weight is 383 g/mol. The van der Waals surface area contributed by atoms with Crippen molar-refractivity contribution >= 4 is 5.78 Å². The fraction of sp³-hybridized carbons (Fsp3) is 0.409. The maximum Gasteiger partial charge on any atom is 0.204 e. The Morgan fingerprint density at radius 3 is 2.57 bits per heavy atom. The number of carbonyl (C=O) groups is 1. The van der Waals surface area contributed by atoms with E-state index in [0.717, 1.165) is 44.2 Å². The second-order valence-electron chi connectivity index (χ2n) is 7.08. The van der Waals surface area contributed by atoms with Crippen LogP contribution in [0, 0.1) is 0 Å². The lowest BCUT2D eigenvalue weighted by atomic mass is 10.1. The van der Waals surface area contributed by atoms with E-state index >= 15 is 0 Å². The SMILES string of the molecule is COc1cc2c(cc1OC)C(=O)C(Oc1cccc(CN3CCOCC3)c1)C2. The van der Waals surface area contributed by atoms with Crippen LogP contribution < -0.4 is 14.2 Å². The molecule has 1 saturated heterocycles. The minimum atomic E-state index is -0.523. The number of rotatable bonds is 6. The van der Waals surface area contributed by atoms with Gasteiger partial charge < -0.3 is 18.9 Å². The van der Waals surface area contributed by atoms with E-state index < -0.39 is 6.10 Å². The van der Waals surface area contributed by atoms with E-state index in [1.54, 1.807) is 20.3 Å². The first-order valence-electron chi connectivity index (χ1n) is 9.52. The van der Waals surface area contributed by atoms with Crippen molar-refractivity contribution in [2.24, 2.45) is 0 Å². The summed E-state index contributed by atoms with van der Waals surface area (Å²) in [5.74, 6) is 1.88. The number of methoxy groups -OCH3 is 2. The van der Waals surface area contributed by atoms with Gasteiger partial charge in [-0.05, 0) is 35.4 Å². The van der Waals surface area contributed by atoms with Gasteiger partial charge in [0.1, 0.15) is 5.75 Å². The molecule has 148 valence electrons. The highest BCUT2D eigenvalue weighted by molar-refractivity contribution is 6.04. The molecule has 1 aliphatic carbocycles. The molecule has 1 aliphatic heterocycles. The predicted octanol–water partition coefficient (Wildman–Crippen LogP) is 2.72. The molecule has 6 heteroatoms. The van der Waals surface area contributed by atoms with E-state index in [2.05, 4.69) is 11.0 Å². The molecule has 0 N–H and O–H groups in total. The van der Waals surface area contributed by atoms with E-state index in [4.69, 9.17) is 18.9 Å². The molecule has 1 heterocycles. The van der Waals surface area contributed by atoms with Crippen molar-refractivity contribution in [2.75, 3.05) is 40.5 Å². The number of morpholine rings is 1. The van der Waals surface area contributed by atoms with Gasteiger partial charge in [-0.1, -0.05) is 12.1 Å². The third kappa shape index (κ3) is 3.84. The molecule has 6 nitrogen and oxygen atoms in total. The summed E-state index contributed by atoms with van der Waals surface area (Å²) in [6.07, 6.45) is 0.00724. The molecule has 0 aromatic heterocycles. The molecule has 28 heavy (non-hydrogen) atoms. The minimum Gasteiger partial charge on any atom is -0.493 e. The summed E-state index contributed by atoms with van der Waals surface area (Å²) in [5.41, 5.74) is 2.75. The maximum atomic E-state index is 12.8. The lowest BCUT2D eigenvalue weighted by Gasteiger charge is -2.26. The molecule has 2 aliphatic rings. The Bertz CT molecular complexity index is 860. The summed E-state index contributed by atoms with van der Waals surface area (Å²) < 4.78 is 22.1. The topological polar surface area (TPSA) is 57.2 Å². The van der Waals surface area contributed by atoms with Gasteiger partial charge >= 0.3 is 0 Å². The highest BCUT2D eigenvalue weighted by Gasteiger charge is 2.33. The van der Waals surface area contributed by atoms with Crippen molar-refractivity contribution in [1.82, 2.24) is 4.90 Å². The number of ketones is 1. The summed E-state index contributed by atoms with van der Waals surface area (Å²) in [6, 6.07) is 11.6. The van der Waals surface area contributed by atoms with Crippen molar-refractivity contribution in [2.45, 2.75) is 19.1 Å². The summed E-state index contributed by atoms with van der Waals surface area (Å²) in [5, 5.41) is 0. The molecule has 0 saturated carbocycles. The Morgan fingerprint density at radius 2 is 1.82 bits per heavy atom. The molecule has 2 aromatic carbocycles. The Balaban J connectivity index is 1.47. The van der Waals surface area contributed by atoms with Crippen LogP contribution in [-0.2, 0) is 17.7 Å². The maximum absolute atomic E-state index is 12.8. The summed E-state index contributed by atoms with van der Waals surface area (Å²) in [4.78, 5) is 15.2. The number of Topliss-reactive ketones (excluding diaryl/α,β-unsaturated/α-hetero) is 1. The van der Waals surface area contributed by atoms with Gasteiger partial charge in [-0.2, -0.15) is 0 Å². The normalized spacial score (nSPS) is 19.4. The molecule has 0 bridgehead atoms. The van der Waals surface area contributed by atoms with Gasteiger partial charge in [0.05, 0.1) is 27.4 Å². The molecular weight excluding hydrogens is 358 g/mol. The number of hydrogen-bond acceptors (Lipinski definition) is 6. The van der Waals surface area contributed by atoms with Gasteiger partial charge in [0.25, 0.3) is 0 Å². The van der Waals surface area contributed by atoms with Crippen molar-refractivity contribution in [3.05, 3.63) is 53.1 Å². The van der Waals surface area contributed by atoms with Gasteiger partial charge in [-0.3, -0.25) is 9.69 Å².